The third-order valence-corrected chi connectivity index (χ3v) is 6.74. The summed E-state index contributed by atoms with van der Waals surface area (Å²) in [6.07, 6.45) is 9.15. The molecule has 0 saturated carbocycles. The van der Waals surface area contributed by atoms with Gasteiger partial charge in [-0.2, -0.15) is 5.26 Å². The maximum atomic E-state index is 13.1. The van der Waals surface area contributed by atoms with E-state index in [4.69, 9.17) is 0 Å². The van der Waals surface area contributed by atoms with Crippen molar-refractivity contribution in [2.75, 3.05) is 26.2 Å². The van der Waals surface area contributed by atoms with Crippen LogP contribution in [0.15, 0.2) is 48.8 Å². The van der Waals surface area contributed by atoms with E-state index in [1.165, 1.54) is 18.4 Å². The Hall–Kier alpha value is -2.75. The van der Waals surface area contributed by atoms with Crippen LogP contribution >= 0.6 is 0 Å². The van der Waals surface area contributed by atoms with E-state index >= 15 is 0 Å². The summed E-state index contributed by atoms with van der Waals surface area (Å²) in [7, 11) is 0. The van der Waals surface area contributed by atoms with Gasteiger partial charge < -0.3 is 5.32 Å². The van der Waals surface area contributed by atoms with Crippen LogP contribution in [-0.4, -0.2) is 52.9 Å². The van der Waals surface area contributed by atoms with E-state index in [9.17, 15) is 10.1 Å². The SMILES string of the molecule is N#Cc1cccc(CN2CC[C@H]3C(=O)NCCCCCCN(Cc4ccncc4)[C@@H]3C2)c1. The Bertz CT molecular complexity index is 925. The molecule has 6 heteroatoms. The minimum absolute atomic E-state index is 0.0108. The van der Waals surface area contributed by atoms with Gasteiger partial charge in [0.05, 0.1) is 17.6 Å². The van der Waals surface area contributed by atoms with Crippen LogP contribution in [-0.2, 0) is 17.9 Å². The van der Waals surface area contributed by atoms with Crippen LogP contribution in [0.3, 0.4) is 0 Å². The Labute approximate surface area is 191 Å². The summed E-state index contributed by atoms with van der Waals surface area (Å²) in [6.45, 7) is 5.21. The third kappa shape index (κ3) is 5.93. The largest absolute Gasteiger partial charge is 0.356 e. The predicted octanol–water partition coefficient (Wildman–Crippen LogP) is 3.34. The number of piperidine rings is 1. The lowest BCUT2D eigenvalue weighted by Gasteiger charge is -2.43. The molecule has 1 aromatic carbocycles. The molecule has 2 atom stereocenters. The van der Waals surface area contributed by atoms with Crippen molar-refractivity contribution in [3.63, 3.8) is 0 Å². The molecule has 2 aromatic rings. The number of likely N-dealkylation sites (tertiary alicyclic amines) is 1. The van der Waals surface area contributed by atoms with E-state index in [0.717, 1.165) is 64.1 Å². The Morgan fingerprint density at radius 3 is 2.72 bits per heavy atom. The van der Waals surface area contributed by atoms with Gasteiger partial charge >= 0.3 is 0 Å². The predicted molar refractivity (Wildman–Crippen MR) is 124 cm³/mol. The average molecular weight is 432 g/mol. The van der Waals surface area contributed by atoms with E-state index < -0.39 is 0 Å². The molecule has 0 bridgehead atoms. The highest BCUT2D eigenvalue weighted by Gasteiger charge is 2.37. The van der Waals surface area contributed by atoms with Crippen LogP contribution < -0.4 is 5.32 Å². The highest BCUT2D eigenvalue weighted by molar-refractivity contribution is 5.79. The van der Waals surface area contributed by atoms with Gasteiger partial charge in [0.1, 0.15) is 0 Å². The molecule has 3 heterocycles. The lowest BCUT2D eigenvalue weighted by molar-refractivity contribution is -0.129. The smallest absolute Gasteiger partial charge is 0.224 e. The van der Waals surface area contributed by atoms with Gasteiger partial charge in [0.15, 0.2) is 0 Å². The molecule has 6 nitrogen and oxygen atoms in total. The van der Waals surface area contributed by atoms with Crippen LogP contribution in [0.4, 0.5) is 0 Å². The zero-order valence-electron chi connectivity index (χ0n) is 18.7. The number of nitrogens with zero attached hydrogens (tertiary/aromatic N) is 4. The molecule has 2 fully saturated rings. The molecule has 2 aliphatic rings. The number of carbonyl (C=O) groups excluding carboxylic acids is 1. The number of nitrogens with one attached hydrogen (secondary N) is 1. The molecular weight excluding hydrogens is 398 g/mol. The maximum Gasteiger partial charge on any atom is 0.224 e. The summed E-state index contributed by atoms with van der Waals surface area (Å²) in [5.41, 5.74) is 3.10. The van der Waals surface area contributed by atoms with Crippen LogP contribution in [0.2, 0.25) is 0 Å². The molecule has 2 saturated heterocycles. The van der Waals surface area contributed by atoms with Crippen molar-refractivity contribution >= 4 is 5.91 Å². The first-order chi connectivity index (χ1) is 15.7. The number of pyridine rings is 1. The number of rotatable bonds is 4. The van der Waals surface area contributed by atoms with Crippen LogP contribution in [0.5, 0.6) is 0 Å². The molecular formula is C26H33N5O. The second-order valence-electron chi connectivity index (χ2n) is 9.04. The highest BCUT2D eigenvalue weighted by atomic mass is 16.1. The Balaban J connectivity index is 1.55. The van der Waals surface area contributed by atoms with Crippen LogP contribution in [0, 0.1) is 17.2 Å². The van der Waals surface area contributed by atoms with Gasteiger partial charge in [-0.25, -0.2) is 0 Å². The van der Waals surface area contributed by atoms with E-state index in [1.807, 2.05) is 30.6 Å². The number of benzene rings is 1. The molecule has 1 N–H and O–H groups in total. The molecule has 0 radical (unpaired) electrons. The minimum Gasteiger partial charge on any atom is -0.356 e. The van der Waals surface area contributed by atoms with Gasteiger partial charge in [-0.3, -0.25) is 19.6 Å². The highest BCUT2D eigenvalue weighted by Crippen LogP contribution is 2.27. The number of fused-ring (bicyclic) bond motifs is 1. The lowest BCUT2D eigenvalue weighted by atomic mass is 9.88. The normalized spacial score (nSPS) is 23.4. The summed E-state index contributed by atoms with van der Waals surface area (Å²) >= 11 is 0. The van der Waals surface area contributed by atoms with Gasteiger partial charge in [-0.15, -0.1) is 0 Å². The first-order valence-corrected chi connectivity index (χ1v) is 11.8. The number of nitriles is 1. The summed E-state index contributed by atoms with van der Waals surface area (Å²) in [5.74, 6) is 0.222. The molecule has 4 rings (SSSR count). The van der Waals surface area contributed by atoms with Gasteiger partial charge in [0, 0.05) is 44.6 Å². The van der Waals surface area contributed by atoms with Crippen molar-refractivity contribution in [3.05, 3.63) is 65.5 Å². The van der Waals surface area contributed by atoms with E-state index in [1.54, 1.807) is 0 Å². The van der Waals surface area contributed by atoms with Crippen molar-refractivity contribution in [2.24, 2.45) is 5.92 Å². The molecule has 0 aliphatic carbocycles. The van der Waals surface area contributed by atoms with E-state index in [0.29, 0.717) is 5.56 Å². The van der Waals surface area contributed by atoms with Crippen molar-refractivity contribution in [1.29, 1.82) is 5.26 Å². The quantitative estimate of drug-likeness (QED) is 0.804. The summed E-state index contributed by atoms with van der Waals surface area (Å²) in [4.78, 5) is 22.3. The lowest BCUT2D eigenvalue weighted by Crippen LogP contribution is -2.56. The van der Waals surface area contributed by atoms with Gasteiger partial charge in [0.25, 0.3) is 0 Å². The summed E-state index contributed by atoms with van der Waals surface area (Å²) in [6, 6.07) is 14.4. The number of aromatic nitrogens is 1. The molecule has 1 aromatic heterocycles. The monoisotopic (exact) mass is 431 g/mol. The van der Waals surface area contributed by atoms with Gasteiger partial charge in [0.2, 0.25) is 5.91 Å². The van der Waals surface area contributed by atoms with Gasteiger partial charge in [-0.05, 0) is 67.7 Å². The Morgan fingerprint density at radius 1 is 1.03 bits per heavy atom. The Morgan fingerprint density at radius 2 is 1.88 bits per heavy atom. The van der Waals surface area contributed by atoms with Crippen molar-refractivity contribution in [1.82, 2.24) is 20.1 Å². The molecule has 0 unspecified atom stereocenters. The standard InChI is InChI=1S/C26H33N5O/c27-17-22-6-5-7-23(16-22)18-30-15-10-24-25(20-30)31(19-21-8-12-28-13-9-21)14-4-2-1-3-11-29-26(24)32/h5-9,12-13,16,24-25H,1-4,10-11,14-15,18-20H2,(H,29,32)/t24-,25-/m1/s1. The molecule has 0 spiro atoms. The van der Waals surface area contributed by atoms with E-state index in [2.05, 4.69) is 44.4 Å². The van der Waals surface area contributed by atoms with Crippen molar-refractivity contribution < 1.29 is 4.79 Å². The number of amides is 1. The van der Waals surface area contributed by atoms with Crippen molar-refractivity contribution in [3.8, 4) is 6.07 Å². The zero-order valence-corrected chi connectivity index (χ0v) is 18.7. The minimum atomic E-state index is 0.0108. The summed E-state index contributed by atoms with van der Waals surface area (Å²) in [5, 5.41) is 12.5. The topological polar surface area (TPSA) is 72.3 Å². The first kappa shape index (κ1) is 22.4. The zero-order chi connectivity index (χ0) is 22.2. The molecule has 2 aliphatic heterocycles. The number of hydrogen-bond donors (Lipinski definition) is 1. The van der Waals surface area contributed by atoms with E-state index in [-0.39, 0.29) is 17.9 Å². The molecule has 168 valence electrons. The van der Waals surface area contributed by atoms with Gasteiger partial charge in [-0.1, -0.05) is 25.0 Å². The maximum absolute atomic E-state index is 13.1. The molecule has 1 amide bonds. The van der Waals surface area contributed by atoms with Crippen molar-refractivity contribution in [2.45, 2.75) is 51.2 Å². The van der Waals surface area contributed by atoms with Crippen LogP contribution in [0.25, 0.3) is 0 Å². The second-order valence-corrected chi connectivity index (χ2v) is 9.04. The summed E-state index contributed by atoms with van der Waals surface area (Å²) < 4.78 is 0. The van der Waals surface area contributed by atoms with Crippen LogP contribution in [0.1, 0.15) is 48.8 Å². The third-order valence-electron chi connectivity index (χ3n) is 6.74. The number of hydrogen-bond acceptors (Lipinski definition) is 5. The average Bonchev–Trinajstić information content (AvgIpc) is 2.86. The second kappa shape index (κ2) is 11.2. The first-order valence-electron chi connectivity index (χ1n) is 11.8. The fraction of sp³-hybridized carbons (Fsp3) is 0.500. The molecule has 32 heavy (non-hydrogen) atoms. The fourth-order valence-electron chi connectivity index (χ4n) is 5.03. The Kier molecular flexibility index (Phi) is 7.87. The fourth-order valence-corrected chi connectivity index (χ4v) is 5.03. The number of carbonyl (C=O) groups is 1.